The van der Waals surface area contributed by atoms with Crippen molar-refractivity contribution < 1.29 is 40.1 Å². The summed E-state index contributed by atoms with van der Waals surface area (Å²) >= 11 is 0. The molecule has 12 heteroatoms. The Morgan fingerprint density at radius 2 is 1.64 bits per heavy atom. The molecule has 0 saturated carbocycles. The van der Waals surface area contributed by atoms with Crippen molar-refractivity contribution in [2.24, 2.45) is 0 Å². The second-order valence-electron chi connectivity index (χ2n) is 9.53. The first kappa shape index (κ1) is 27.2. The van der Waals surface area contributed by atoms with Gasteiger partial charge in [0.25, 0.3) is 0 Å². The SMILES string of the molecule is CC(C)(C)OC(=O)n1cc(C[C@H](NS(=O)C(C)(C)C)C(F)(F)F)c2cc(C(F)(F)F)ccc21. The van der Waals surface area contributed by atoms with Gasteiger partial charge in [-0.3, -0.25) is 4.57 Å². The summed E-state index contributed by atoms with van der Waals surface area (Å²) in [6.07, 6.45) is -10.4. The van der Waals surface area contributed by atoms with E-state index in [4.69, 9.17) is 4.74 Å². The number of nitrogens with zero attached hydrogens (tertiary/aromatic N) is 1. The van der Waals surface area contributed by atoms with Crippen LogP contribution in [0.4, 0.5) is 31.1 Å². The quantitative estimate of drug-likeness (QED) is 0.527. The third kappa shape index (κ3) is 6.95. The number of halogens is 6. The normalized spacial score (nSPS) is 15.5. The maximum atomic E-state index is 13.7. The highest BCUT2D eigenvalue weighted by atomic mass is 32.2. The highest BCUT2D eigenvalue weighted by Crippen LogP contribution is 2.35. The van der Waals surface area contributed by atoms with Gasteiger partial charge in [0, 0.05) is 11.6 Å². The van der Waals surface area contributed by atoms with E-state index in [1.54, 1.807) is 20.8 Å². The topological polar surface area (TPSA) is 60.3 Å². The van der Waals surface area contributed by atoms with E-state index in [2.05, 4.69) is 0 Å². The lowest BCUT2D eigenvalue weighted by atomic mass is 10.0. The van der Waals surface area contributed by atoms with Crippen molar-refractivity contribution >= 4 is 28.0 Å². The Morgan fingerprint density at radius 1 is 1.06 bits per heavy atom. The second-order valence-corrected chi connectivity index (χ2v) is 11.5. The summed E-state index contributed by atoms with van der Waals surface area (Å²) in [5.41, 5.74) is -2.24. The lowest BCUT2D eigenvalue weighted by Crippen LogP contribution is -2.48. The number of aromatic nitrogens is 1. The van der Waals surface area contributed by atoms with Crippen molar-refractivity contribution in [3.8, 4) is 0 Å². The minimum absolute atomic E-state index is 0.0369. The van der Waals surface area contributed by atoms with Gasteiger partial charge in [-0.1, -0.05) is 0 Å². The number of benzene rings is 1. The number of nitrogens with one attached hydrogen (secondary N) is 1. The van der Waals surface area contributed by atoms with Crippen LogP contribution in [0.1, 0.15) is 52.7 Å². The van der Waals surface area contributed by atoms with E-state index in [-0.39, 0.29) is 16.5 Å². The largest absolute Gasteiger partial charge is 0.443 e. The summed E-state index contributed by atoms with van der Waals surface area (Å²) in [5.74, 6) is 0. The highest BCUT2D eigenvalue weighted by Gasteiger charge is 2.42. The third-order valence-electron chi connectivity index (χ3n) is 4.43. The molecule has 1 aromatic carbocycles. The van der Waals surface area contributed by atoms with Crippen LogP contribution in [0.2, 0.25) is 0 Å². The molecule has 0 aliphatic rings. The van der Waals surface area contributed by atoms with Crippen LogP contribution >= 0.6 is 0 Å². The predicted molar refractivity (Wildman–Crippen MR) is 113 cm³/mol. The fourth-order valence-corrected chi connectivity index (χ4v) is 3.68. The van der Waals surface area contributed by atoms with Crippen molar-refractivity contribution in [1.82, 2.24) is 9.29 Å². The lowest BCUT2D eigenvalue weighted by molar-refractivity contribution is -0.150. The van der Waals surface area contributed by atoms with Crippen LogP contribution in [0.3, 0.4) is 0 Å². The van der Waals surface area contributed by atoms with E-state index in [9.17, 15) is 35.3 Å². The van der Waals surface area contributed by atoms with Crippen molar-refractivity contribution in [2.45, 2.75) is 76.7 Å². The standard InChI is InChI=1S/C21H26F6N2O3S/c1-18(2,3)32-17(30)29-11-12(14-10-13(20(22,23)24)7-8-15(14)29)9-16(21(25,26)27)28-33(31)19(4,5)6/h7-8,10-11,16,28H,9H2,1-6H3/t16-,33?/m0/s1. The molecule has 0 aliphatic carbocycles. The number of ether oxygens (including phenoxy) is 1. The van der Waals surface area contributed by atoms with E-state index < -0.39 is 57.8 Å². The van der Waals surface area contributed by atoms with Crippen LogP contribution in [-0.2, 0) is 28.3 Å². The molecule has 5 nitrogen and oxygen atoms in total. The molecule has 0 fully saturated rings. The molecule has 2 aromatic rings. The van der Waals surface area contributed by atoms with Crippen molar-refractivity contribution in [3.05, 3.63) is 35.5 Å². The third-order valence-corrected chi connectivity index (χ3v) is 6.04. The van der Waals surface area contributed by atoms with E-state index in [1.807, 2.05) is 4.72 Å². The Bertz CT molecular complexity index is 1050. The molecule has 0 spiro atoms. The van der Waals surface area contributed by atoms with Crippen molar-refractivity contribution in [1.29, 1.82) is 0 Å². The van der Waals surface area contributed by atoms with Crippen molar-refractivity contribution in [3.63, 3.8) is 0 Å². The molecule has 2 atom stereocenters. The van der Waals surface area contributed by atoms with Crippen LogP contribution < -0.4 is 4.72 Å². The van der Waals surface area contributed by atoms with Gasteiger partial charge in [0.15, 0.2) is 0 Å². The number of hydrogen-bond donors (Lipinski definition) is 1. The van der Waals surface area contributed by atoms with Crippen LogP contribution in [0.15, 0.2) is 24.4 Å². The molecule has 0 bridgehead atoms. The number of alkyl halides is 6. The maximum absolute atomic E-state index is 13.7. The summed E-state index contributed by atoms with van der Waals surface area (Å²) in [6.45, 7) is 9.16. The fraction of sp³-hybridized carbons (Fsp3) is 0.571. The smallest absolute Gasteiger partial charge is 0.419 e. The van der Waals surface area contributed by atoms with Crippen molar-refractivity contribution in [2.75, 3.05) is 0 Å². The molecule has 0 saturated heterocycles. The zero-order chi connectivity index (χ0) is 25.6. The predicted octanol–water partition coefficient (Wildman–Crippen LogP) is 5.97. The van der Waals surface area contributed by atoms with Gasteiger partial charge in [0.05, 0.1) is 26.8 Å². The molecule has 186 valence electrons. The first-order chi connectivity index (χ1) is 14.7. The molecular weight excluding hydrogens is 474 g/mol. The molecule has 1 aromatic heterocycles. The molecule has 0 aliphatic heterocycles. The van der Waals surface area contributed by atoms with Gasteiger partial charge >= 0.3 is 18.4 Å². The molecule has 0 amide bonds. The molecule has 1 unspecified atom stereocenters. The number of rotatable bonds is 4. The second kappa shape index (κ2) is 8.94. The van der Waals surface area contributed by atoms with Crippen LogP contribution in [-0.4, -0.2) is 37.4 Å². The van der Waals surface area contributed by atoms with Crippen LogP contribution in [0, 0.1) is 0 Å². The van der Waals surface area contributed by atoms with Gasteiger partial charge in [-0.05, 0) is 71.7 Å². The number of hydrogen-bond acceptors (Lipinski definition) is 3. The molecule has 33 heavy (non-hydrogen) atoms. The van der Waals surface area contributed by atoms with E-state index in [1.165, 1.54) is 20.8 Å². The molecule has 1 heterocycles. The van der Waals surface area contributed by atoms with Gasteiger partial charge < -0.3 is 4.74 Å². The number of carbonyl (C=O) groups is 1. The summed E-state index contributed by atoms with van der Waals surface area (Å²) in [6, 6.07) is 0.111. The Labute approximate surface area is 190 Å². The Hall–Kier alpha value is -2.08. The summed E-state index contributed by atoms with van der Waals surface area (Å²) in [7, 11) is -2.10. The first-order valence-corrected chi connectivity index (χ1v) is 11.0. The van der Waals surface area contributed by atoms with E-state index in [0.717, 1.165) is 22.9 Å². The molecule has 2 rings (SSSR count). The van der Waals surface area contributed by atoms with Gasteiger partial charge in [-0.25, -0.2) is 13.7 Å². The zero-order valence-corrected chi connectivity index (χ0v) is 19.8. The van der Waals surface area contributed by atoms with Gasteiger partial charge in [0.1, 0.15) is 11.6 Å². The van der Waals surface area contributed by atoms with E-state index >= 15 is 0 Å². The van der Waals surface area contributed by atoms with Gasteiger partial charge in [-0.15, -0.1) is 0 Å². The molecule has 0 radical (unpaired) electrons. The average molecular weight is 501 g/mol. The summed E-state index contributed by atoms with van der Waals surface area (Å²) in [4.78, 5) is 12.6. The average Bonchev–Trinajstić information content (AvgIpc) is 2.95. The van der Waals surface area contributed by atoms with E-state index in [0.29, 0.717) is 6.07 Å². The summed E-state index contributed by atoms with van der Waals surface area (Å²) < 4.78 is 100. The number of fused-ring (bicyclic) bond motifs is 1. The maximum Gasteiger partial charge on any atom is 0.419 e. The zero-order valence-electron chi connectivity index (χ0n) is 18.9. The Kier molecular flexibility index (Phi) is 7.36. The van der Waals surface area contributed by atoms with Gasteiger partial charge in [-0.2, -0.15) is 26.3 Å². The number of carbonyl (C=O) groups excluding carboxylic acids is 1. The first-order valence-electron chi connectivity index (χ1n) is 9.89. The molecular formula is C21H26F6N2O3S. The fourth-order valence-electron chi connectivity index (χ4n) is 2.85. The lowest BCUT2D eigenvalue weighted by Gasteiger charge is -2.25. The summed E-state index contributed by atoms with van der Waals surface area (Å²) in [5, 5.41) is -0.187. The minimum Gasteiger partial charge on any atom is -0.443 e. The molecule has 1 N–H and O–H groups in total. The monoisotopic (exact) mass is 500 g/mol. The van der Waals surface area contributed by atoms with Crippen LogP contribution in [0.5, 0.6) is 0 Å². The minimum atomic E-state index is -4.86. The Morgan fingerprint density at radius 3 is 2.09 bits per heavy atom. The highest BCUT2D eigenvalue weighted by molar-refractivity contribution is 7.84. The Balaban J connectivity index is 2.62. The van der Waals surface area contributed by atoms with Crippen LogP contribution in [0.25, 0.3) is 10.9 Å². The van der Waals surface area contributed by atoms with Gasteiger partial charge in [0.2, 0.25) is 0 Å².